The summed E-state index contributed by atoms with van der Waals surface area (Å²) in [7, 11) is 6.06. The molecule has 0 bridgehead atoms. The Labute approximate surface area is 184 Å². The molecule has 166 valence electrons. The minimum Gasteiger partial charge on any atom is -0.494 e. The summed E-state index contributed by atoms with van der Waals surface area (Å²) >= 11 is 0. The lowest BCUT2D eigenvalue weighted by Gasteiger charge is -2.30. The number of carbonyl (C=O) groups excluding carboxylic acids is 2. The molecule has 3 rings (SSSR count). The van der Waals surface area contributed by atoms with E-state index in [0.717, 1.165) is 30.7 Å². The van der Waals surface area contributed by atoms with Crippen molar-refractivity contribution in [2.45, 2.75) is 25.8 Å². The molecule has 0 aromatic heterocycles. The number of ether oxygens (including phenoxy) is 1. The van der Waals surface area contributed by atoms with E-state index in [1.54, 1.807) is 24.3 Å². The molecule has 2 amide bonds. The van der Waals surface area contributed by atoms with Crippen LogP contribution in [0.25, 0.3) is 0 Å². The van der Waals surface area contributed by atoms with Crippen molar-refractivity contribution < 1.29 is 14.3 Å². The fraction of sp³-hybridized carbons (Fsp3) is 0.417. The van der Waals surface area contributed by atoms with Gasteiger partial charge in [0.25, 0.3) is 0 Å². The van der Waals surface area contributed by atoms with Crippen LogP contribution in [0.1, 0.15) is 30.5 Å². The van der Waals surface area contributed by atoms with Gasteiger partial charge in [0.1, 0.15) is 5.75 Å². The predicted octanol–water partition coefficient (Wildman–Crippen LogP) is 2.83. The highest BCUT2D eigenvalue weighted by atomic mass is 16.5. The molecule has 1 unspecified atom stereocenters. The van der Waals surface area contributed by atoms with Crippen LogP contribution in [0, 0.1) is 0 Å². The van der Waals surface area contributed by atoms with Gasteiger partial charge in [-0.1, -0.05) is 12.1 Å². The Morgan fingerprint density at radius 1 is 1.13 bits per heavy atom. The van der Waals surface area contributed by atoms with Gasteiger partial charge in [0.2, 0.25) is 0 Å². The van der Waals surface area contributed by atoms with Gasteiger partial charge in [-0.3, -0.25) is 9.59 Å². The minimum atomic E-state index is -0.686. The number of benzene rings is 2. The molecule has 1 aliphatic heterocycles. The second kappa shape index (κ2) is 10.3. The molecule has 7 heteroatoms. The number of hydrogen-bond acceptors (Lipinski definition) is 5. The van der Waals surface area contributed by atoms with Crippen LogP contribution in [0.4, 0.5) is 11.4 Å². The maximum absolute atomic E-state index is 12.4. The first-order valence-corrected chi connectivity index (χ1v) is 10.7. The van der Waals surface area contributed by atoms with E-state index < -0.39 is 11.8 Å². The molecule has 1 aliphatic rings. The third-order valence-corrected chi connectivity index (χ3v) is 5.55. The summed E-state index contributed by atoms with van der Waals surface area (Å²) in [6.45, 7) is 3.89. The number of hydrogen-bond donors (Lipinski definition) is 2. The smallest absolute Gasteiger partial charge is 0.313 e. The summed E-state index contributed by atoms with van der Waals surface area (Å²) in [6, 6.07) is 13.4. The quantitative estimate of drug-likeness (QED) is 0.669. The average Bonchev–Trinajstić information content (AvgIpc) is 2.75. The van der Waals surface area contributed by atoms with E-state index in [4.69, 9.17) is 4.74 Å². The maximum Gasteiger partial charge on any atom is 0.313 e. The third-order valence-electron chi connectivity index (χ3n) is 5.55. The van der Waals surface area contributed by atoms with Crippen molar-refractivity contribution in [3.05, 3.63) is 53.6 Å². The normalized spacial score (nSPS) is 14.0. The van der Waals surface area contributed by atoms with Crippen LogP contribution >= 0.6 is 0 Å². The fourth-order valence-electron chi connectivity index (χ4n) is 3.87. The summed E-state index contributed by atoms with van der Waals surface area (Å²) in [5, 5.41) is 5.40. The highest BCUT2D eigenvalue weighted by Gasteiger charge is 2.21. The summed E-state index contributed by atoms with van der Waals surface area (Å²) < 4.78 is 5.38. The lowest BCUT2D eigenvalue weighted by atomic mass is 9.96. The van der Waals surface area contributed by atoms with Gasteiger partial charge in [-0.15, -0.1) is 0 Å². The Hall–Kier alpha value is -3.06. The number of nitrogens with one attached hydrogen (secondary N) is 2. The Kier molecular flexibility index (Phi) is 7.52. The molecule has 1 heterocycles. The highest BCUT2D eigenvalue weighted by Crippen LogP contribution is 2.29. The van der Waals surface area contributed by atoms with Crippen molar-refractivity contribution in [1.82, 2.24) is 10.2 Å². The van der Waals surface area contributed by atoms with E-state index in [0.29, 0.717) is 18.8 Å². The third kappa shape index (κ3) is 5.76. The van der Waals surface area contributed by atoms with Crippen molar-refractivity contribution in [3.8, 4) is 5.75 Å². The Morgan fingerprint density at radius 3 is 2.55 bits per heavy atom. The van der Waals surface area contributed by atoms with Crippen LogP contribution in [0.2, 0.25) is 0 Å². The van der Waals surface area contributed by atoms with E-state index in [9.17, 15) is 9.59 Å². The van der Waals surface area contributed by atoms with Crippen molar-refractivity contribution >= 4 is 23.2 Å². The maximum atomic E-state index is 12.4. The second-order valence-electron chi connectivity index (χ2n) is 8.01. The molecule has 7 nitrogen and oxygen atoms in total. The zero-order valence-electron chi connectivity index (χ0n) is 18.8. The number of aryl methyl sites for hydroxylation is 1. The van der Waals surface area contributed by atoms with Crippen LogP contribution in [-0.2, 0) is 16.0 Å². The minimum absolute atomic E-state index is 0.0280. The van der Waals surface area contributed by atoms with Crippen LogP contribution in [0.3, 0.4) is 0 Å². The predicted molar refractivity (Wildman–Crippen MR) is 124 cm³/mol. The summed E-state index contributed by atoms with van der Waals surface area (Å²) in [6.07, 6.45) is 2.20. The standard InChI is InChI=1S/C24H32N4O3/c1-5-31-20-11-9-19(10-12-20)26-24(30)23(29)25-16-22(27(2)3)18-8-13-21-17(15-18)7-6-14-28(21)4/h8-13,15,22H,5-7,14,16H2,1-4H3,(H,25,29)(H,26,30). The first kappa shape index (κ1) is 22.6. The van der Waals surface area contributed by atoms with E-state index in [1.807, 2.05) is 21.0 Å². The molecule has 0 radical (unpaired) electrons. The van der Waals surface area contributed by atoms with Gasteiger partial charge >= 0.3 is 11.8 Å². The zero-order valence-corrected chi connectivity index (χ0v) is 18.8. The zero-order chi connectivity index (χ0) is 22.4. The Bertz CT molecular complexity index is 912. The van der Waals surface area contributed by atoms with Gasteiger partial charge in [0.05, 0.1) is 12.6 Å². The first-order chi connectivity index (χ1) is 14.9. The molecule has 0 fully saturated rings. The second-order valence-corrected chi connectivity index (χ2v) is 8.01. The lowest BCUT2D eigenvalue weighted by Crippen LogP contribution is -2.40. The molecule has 0 saturated carbocycles. The molecule has 2 aromatic rings. The molecular formula is C24H32N4O3. The van der Waals surface area contributed by atoms with Gasteiger partial charge in [-0.2, -0.15) is 0 Å². The van der Waals surface area contributed by atoms with Crippen molar-refractivity contribution in [2.24, 2.45) is 0 Å². The van der Waals surface area contributed by atoms with Crippen molar-refractivity contribution in [1.29, 1.82) is 0 Å². The number of rotatable bonds is 7. The summed E-state index contributed by atoms with van der Waals surface area (Å²) in [4.78, 5) is 29.0. The van der Waals surface area contributed by atoms with Gasteiger partial charge < -0.3 is 25.2 Å². The molecule has 31 heavy (non-hydrogen) atoms. The Morgan fingerprint density at radius 2 is 1.87 bits per heavy atom. The van der Waals surface area contributed by atoms with Crippen molar-refractivity contribution in [3.63, 3.8) is 0 Å². The molecule has 2 N–H and O–H groups in total. The summed E-state index contributed by atoms with van der Waals surface area (Å²) in [5.74, 6) is -0.623. The molecule has 0 aliphatic carbocycles. The van der Waals surface area contributed by atoms with Gasteiger partial charge in [-0.25, -0.2) is 0 Å². The van der Waals surface area contributed by atoms with E-state index in [-0.39, 0.29) is 6.04 Å². The monoisotopic (exact) mass is 424 g/mol. The molecule has 2 aromatic carbocycles. The first-order valence-electron chi connectivity index (χ1n) is 10.7. The topological polar surface area (TPSA) is 73.9 Å². The number of amides is 2. The molecule has 0 saturated heterocycles. The molecular weight excluding hydrogens is 392 g/mol. The summed E-state index contributed by atoms with van der Waals surface area (Å²) in [5.41, 5.74) is 4.28. The van der Waals surface area contributed by atoms with E-state index in [1.165, 1.54) is 11.3 Å². The van der Waals surface area contributed by atoms with E-state index in [2.05, 4.69) is 45.7 Å². The SMILES string of the molecule is CCOc1ccc(NC(=O)C(=O)NCC(c2ccc3c(c2)CCCN3C)N(C)C)cc1. The number of fused-ring (bicyclic) bond motifs is 1. The molecule has 1 atom stereocenters. The van der Waals surface area contributed by atoms with Gasteiger partial charge in [0.15, 0.2) is 0 Å². The number of likely N-dealkylation sites (N-methyl/N-ethyl adjacent to an activating group) is 1. The highest BCUT2D eigenvalue weighted by molar-refractivity contribution is 6.39. The number of nitrogens with zero attached hydrogens (tertiary/aromatic N) is 2. The van der Waals surface area contributed by atoms with Crippen LogP contribution in [-0.4, -0.2) is 57.6 Å². The average molecular weight is 425 g/mol. The van der Waals surface area contributed by atoms with Crippen LogP contribution in [0.15, 0.2) is 42.5 Å². The Balaban J connectivity index is 1.60. The fourth-order valence-corrected chi connectivity index (χ4v) is 3.87. The van der Waals surface area contributed by atoms with Crippen molar-refractivity contribution in [2.75, 3.05) is 51.1 Å². The van der Waals surface area contributed by atoms with Gasteiger partial charge in [-0.05, 0) is 75.3 Å². The molecule has 0 spiro atoms. The van der Waals surface area contributed by atoms with E-state index >= 15 is 0 Å². The lowest BCUT2D eigenvalue weighted by molar-refractivity contribution is -0.136. The van der Waals surface area contributed by atoms with Crippen LogP contribution < -0.4 is 20.3 Å². The van der Waals surface area contributed by atoms with Crippen LogP contribution in [0.5, 0.6) is 5.75 Å². The number of anilines is 2. The number of carbonyl (C=O) groups is 2. The van der Waals surface area contributed by atoms with Gasteiger partial charge in [0, 0.05) is 31.5 Å². The largest absolute Gasteiger partial charge is 0.494 e.